The van der Waals surface area contributed by atoms with Crippen LogP contribution in [-0.4, -0.2) is 0 Å². The third kappa shape index (κ3) is 3.02. The van der Waals surface area contributed by atoms with Crippen molar-refractivity contribution in [2.45, 2.75) is 19.9 Å². The third-order valence-corrected chi connectivity index (χ3v) is 3.15. The van der Waals surface area contributed by atoms with Crippen molar-refractivity contribution in [3.63, 3.8) is 0 Å². The van der Waals surface area contributed by atoms with Gasteiger partial charge in [0, 0.05) is 11.7 Å². The number of rotatable bonds is 3. The molecule has 0 fully saturated rings. The lowest BCUT2D eigenvalue weighted by Crippen LogP contribution is -2.07. The molecule has 1 unspecified atom stereocenters. The van der Waals surface area contributed by atoms with Crippen LogP contribution in [0.2, 0.25) is 5.02 Å². The lowest BCUT2D eigenvalue weighted by molar-refractivity contribution is 0.624. The van der Waals surface area contributed by atoms with Crippen LogP contribution < -0.4 is 5.32 Å². The quantitative estimate of drug-likeness (QED) is 0.825. The molecule has 2 aromatic rings. The van der Waals surface area contributed by atoms with E-state index >= 15 is 0 Å². The summed E-state index contributed by atoms with van der Waals surface area (Å²) in [4.78, 5) is 0. The van der Waals surface area contributed by atoms with Crippen LogP contribution in [0.1, 0.15) is 24.1 Å². The maximum Gasteiger partial charge on any atom is 0.142 e. The predicted molar refractivity (Wildman–Crippen MR) is 74.6 cm³/mol. The topological polar surface area (TPSA) is 12.0 Å². The minimum absolute atomic E-state index is 0.0265. The molecule has 0 heterocycles. The number of hydrogen-bond acceptors (Lipinski definition) is 1. The molecule has 0 spiro atoms. The van der Waals surface area contributed by atoms with Crippen molar-refractivity contribution in [2.75, 3.05) is 5.32 Å². The second-order valence-electron chi connectivity index (χ2n) is 4.41. The first-order chi connectivity index (χ1) is 8.56. The summed E-state index contributed by atoms with van der Waals surface area (Å²) in [5.74, 6) is -0.382. The van der Waals surface area contributed by atoms with Gasteiger partial charge in [0.15, 0.2) is 0 Å². The minimum atomic E-state index is -0.382. The summed E-state index contributed by atoms with van der Waals surface area (Å²) in [6.45, 7) is 4.03. The van der Waals surface area contributed by atoms with Crippen molar-refractivity contribution in [1.29, 1.82) is 0 Å². The van der Waals surface area contributed by atoms with Crippen LogP contribution in [0.25, 0.3) is 0 Å². The van der Waals surface area contributed by atoms with E-state index in [2.05, 4.69) is 11.4 Å². The van der Waals surface area contributed by atoms with E-state index in [0.29, 0.717) is 0 Å². The molecule has 0 aliphatic rings. The predicted octanol–water partition coefficient (Wildman–Crippen LogP) is 4.96. The van der Waals surface area contributed by atoms with Gasteiger partial charge < -0.3 is 5.32 Å². The zero-order valence-electron chi connectivity index (χ0n) is 10.4. The fraction of sp³-hybridized carbons (Fsp3) is 0.200. The number of nitrogens with one attached hydrogen (secondary N) is 1. The highest BCUT2D eigenvalue weighted by Crippen LogP contribution is 2.23. The molecule has 0 aliphatic heterocycles. The molecular formula is C15H15ClFN. The molecule has 0 radical (unpaired) electrons. The highest BCUT2D eigenvalue weighted by molar-refractivity contribution is 6.30. The van der Waals surface area contributed by atoms with Gasteiger partial charge in [-0.15, -0.1) is 0 Å². The lowest BCUT2D eigenvalue weighted by Gasteiger charge is -2.16. The number of halogens is 2. The Bertz CT molecular complexity index is 554. The molecule has 3 heteroatoms. The zero-order chi connectivity index (χ0) is 13.1. The molecule has 0 aliphatic carbocycles. The second-order valence-corrected chi connectivity index (χ2v) is 4.82. The molecule has 1 atom stereocenters. The third-order valence-electron chi connectivity index (χ3n) is 2.84. The van der Waals surface area contributed by atoms with Crippen molar-refractivity contribution in [3.8, 4) is 0 Å². The Kier molecular flexibility index (Phi) is 3.87. The van der Waals surface area contributed by atoms with E-state index in [1.807, 2.05) is 38.1 Å². The van der Waals surface area contributed by atoms with Crippen molar-refractivity contribution < 1.29 is 4.39 Å². The van der Waals surface area contributed by atoms with Crippen molar-refractivity contribution in [3.05, 3.63) is 64.4 Å². The Morgan fingerprint density at radius 3 is 2.61 bits per heavy atom. The van der Waals surface area contributed by atoms with E-state index < -0.39 is 0 Å². The van der Waals surface area contributed by atoms with Gasteiger partial charge in [-0.1, -0.05) is 29.8 Å². The molecule has 0 amide bonds. The molecule has 0 saturated carbocycles. The molecule has 18 heavy (non-hydrogen) atoms. The molecule has 0 saturated heterocycles. The summed E-state index contributed by atoms with van der Waals surface area (Å²) in [7, 11) is 0. The first-order valence-electron chi connectivity index (χ1n) is 5.84. The Morgan fingerprint density at radius 2 is 1.94 bits per heavy atom. The summed E-state index contributed by atoms with van der Waals surface area (Å²) < 4.78 is 13.4. The first-order valence-corrected chi connectivity index (χ1v) is 6.22. The van der Waals surface area contributed by atoms with Gasteiger partial charge in [-0.05, 0) is 49.2 Å². The maximum absolute atomic E-state index is 13.4. The number of aryl methyl sites for hydroxylation is 1. The maximum atomic E-state index is 13.4. The van der Waals surface area contributed by atoms with E-state index in [4.69, 9.17) is 11.6 Å². The highest BCUT2D eigenvalue weighted by Gasteiger charge is 2.08. The smallest absolute Gasteiger partial charge is 0.142 e. The summed E-state index contributed by atoms with van der Waals surface area (Å²) in [6, 6.07) is 13.0. The van der Waals surface area contributed by atoms with Gasteiger partial charge in [-0.3, -0.25) is 0 Å². The lowest BCUT2D eigenvalue weighted by atomic mass is 10.1. The highest BCUT2D eigenvalue weighted by atomic mass is 35.5. The van der Waals surface area contributed by atoms with Gasteiger partial charge in [0.25, 0.3) is 0 Å². The summed E-state index contributed by atoms with van der Waals surface area (Å²) >= 11 is 5.67. The molecule has 2 aromatic carbocycles. The van der Waals surface area contributed by atoms with E-state index in [1.54, 1.807) is 6.07 Å². The standard InChI is InChI=1S/C15H15ClFN/c1-10-4-3-5-13(8-10)18-11(2)12-6-7-14(16)15(17)9-12/h3-9,11,18H,1-2H3. The second kappa shape index (κ2) is 5.40. The number of hydrogen-bond donors (Lipinski definition) is 1. The van der Waals surface area contributed by atoms with Crippen LogP contribution in [0.15, 0.2) is 42.5 Å². The van der Waals surface area contributed by atoms with Crippen LogP contribution in [0.4, 0.5) is 10.1 Å². The van der Waals surface area contributed by atoms with Gasteiger partial charge in [-0.25, -0.2) is 4.39 Å². The fourth-order valence-corrected chi connectivity index (χ4v) is 1.97. The van der Waals surface area contributed by atoms with Gasteiger partial charge in [0.2, 0.25) is 0 Å². The molecule has 94 valence electrons. The Balaban J connectivity index is 2.16. The van der Waals surface area contributed by atoms with Crippen molar-refractivity contribution >= 4 is 17.3 Å². The van der Waals surface area contributed by atoms with Crippen LogP contribution in [0, 0.1) is 12.7 Å². The normalized spacial score (nSPS) is 12.2. The molecule has 1 N–H and O–H groups in total. The molecule has 1 nitrogen and oxygen atoms in total. The molecule has 0 aromatic heterocycles. The Hall–Kier alpha value is -1.54. The van der Waals surface area contributed by atoms with E-state index in [0.717, 1.165) is 11.3 Å². The minimum Gasteiger partial charge on any atom is -0.379 e. The van der Waals surface area contributed by atoms with E-state index in [9.17, 15) is 4.39 Å². The zero-order valence-corrected chi connectivity index (χ0v) is 11.1. The van der Waals surface area contributed by atoms with Gasteiger partial charge in [0.1, 0.15) is 5.82 Å². The number of anilines is 1. The average molecular weight is 264 g/mol. The van der Waals surface area contributed by atoms with Gasteiger partial charge >= 0.3 is 0 Å². The molecular weight excluding hydrogens is 249 g/mol. The van der Waals surface area contributed by atoms with E-state index in [1.165, 1.54) is 11.6 Å². The van der Waals surface area contributed by atoms with Crippen molar-refractivity contribution in [2.24, 2.45) is 0 Å². The van der Waals surface area contributed by atoms with Crippen molar-refractivity contribution in [1.82, 2.24) is 0 Å². The fourth-order valence-electron chi connectivity index (χ4n) is 1.85. The first kappa shape index (κ1) is 12.9. The largest absolute Gasteiger partial charge is 0.379 e. The van der Waals surface area contributed by atoms with E-state index in [-0.39, 0.29) is 16.9 Å². The summed E-state index contributed by atoms with van der Waals surface area (Å²) in [5.41, 5.74) is 3.09. The summed E-state index contributed by atoms with van der Waals surface area (Å²) in [6.07, 6.45) is 0. The van der Waals surface area contributed by atoms with Crippen LogP contribution in [0.3, 0.4) is 0 Å². The van der Waals surface area contributed by atoms with Crippen LogP contribution in [0.5, 0.6) is 0 Å². The molecule has 0 bridgehead atoms. The van der Waals surface area contributed by atoms with Gasteiger partial charge in [-0.2, -0.15) is 0 Å². The SMILES string of the molecule is Cc1cccc(NC(C)c2ccc(Cl)c(F)c2)c1. The average Bonchev–Trinajstić information content (AvgIpc) is 2.32. The monoisotopic (exact) mass is 263 g/mol. The van der Waals surface area contributed by atoms with Gasteiger partial charge in [0.05, 0.1) is 5.02 Å². The molecule has 2 rings (SSSR count). The summed E-state index contributed by atoms with van der Waals surface area (Å²) in [5, 5.41) is 3.49. The number of benzene rings is 2. The Labute approximate surface area is 112 Å². The Morgan fingerprint density at radius 1 is 1.17 bits per heavy atom. The van der Waals surface area contributed by atoms with Crippen LogP contribution >= 0.6 is 11.6 Å². The van der Waals surface area contributed by atoms with Crippen LogP contribution in [-0.2, 0) is 0 Å².